The molecule has 1 aliphatic heterocycles. The van der Waals surface area contributed by atoms with Gasteiger partial charge in [-0.2, -0.15) is 4.57 Å². The minimum atomic E-state index is -1.08. The van der Waals surface area contributed by atoms with Crippen LogP contribution in [0.4, 0.5) is 4.39 Å². The second-order valence-corrected chi connectivity index (χ2v) is 8.71. The third-order valence-corrected chi connectivity index (χ3v) is 6.31. The highest BCUT2D eigenvalue weighted by molar-refractivity contribution is 7.06. The van der Waals surface area contributed by atoms with Gasteiger partial charge in [0.1, 0.15) is 27.4 Å². The summed E-state index contributed by atoms with van der Waals surface area (Å²) in [5, 5.41) is 8.73. The van der Waals surface area contributed by atoms with Crippen molar-refractivity contribution in [2.45, 2.75) is 19.9 Å². The number of fused-ring (bicyclic) bond motifs is 1. The lowest BCUT2D eigenvalue weighted by Gasteiger charge is -2.19. The van der Waals surface area contributed by atoms with E-state index < -0.39 is 30.4 Å². The second kappa shape index (κ2) is 10.1. The minimum absolute atomic E-state index is 0.169. The van der Waals surface area contributed by atoms with Gasteiger partial charge in [0, 0.05) is 5.56 Å². The van der Waals surface area contributed by atoms with Gasteiger partial charge in [-0.25, -0.2) is 23.8 Å². The van der Waals surface area contributed by atoms with Crippen molar-refractivity contribution in [1.82, 2.24) is 4.57 Å². The van der Waals surface area contributed by atoms with Crippen molar-refractivity contribution in [2.75, 3.05) is 13.2 Å². The van der Waals surface area contributed by atoms with Crippen molar-refractivity contribution in [2.24, 2.45) is 0 Å². The number of carbonyl (C=O) groups excluding carboxylic acids is 1. The number of esters is 1. The summed E-state index contributed by atoms with van der Waals surface area (Å²) in [6.07, 6.45) is 1.70. The van der Waals surface area contributed by atoms with Crippen LogP contribution in [-0.4, -0.2) is 34.8 Å². The average molecular weight is 498 g/mol. The van der Waals surface area contributed by atoms with E-state index in [4.69, 9.17) is 14.6 Å². The molecule has 0 amide bonds. The summed E-state index contributed by atoms with van der Waals surface area (Å²) in [6, 6.07) is 11.5. The number of thiazole rings is 1. The summed E-state index contributed by atoms with van der Waals surface area (Å²) in [6.45, 7) is 3.15. The first-order chi connectivity index (χ1) is 16.8. The van der Waals surface area contributed by atoms with E-state index in [2.05, 4.69) is 4.99 Å². The van der Waals surface area contributed by atoms with Crippen molar-refractivity contribution in [3.63, 3.8) is 0 Å². The van der Waals surface area contributed by atoms with E-state index >= 15 is 0 Å². The Morgan fingerprint density at radius 2 is 1.86 bits per heavy atom. The molecule has 1 unspecified atom stereocenters. The SMILES string of the molecule is CCOC(=O)C1=C(C)[NH+]=c2sc(=Cc3ccc(OCC(=O)O)cc3)c(=O)n2C1c1ccc(F)cc1. The van der Waals surface area contributed by atoms with Crippen molar-refractivity contribution in [1.29, 1.82) is 0 Å². The smallest absolute Gasteiger partial charge is 0.353 e. The Morgan fingerprint density at radius 1 is 1.17 bits per heavy atom. The van der Waals surface area contributed by atoms with Gasteiger partial charge in [0.25, 0.3) is 0 Å². The molecule has 0 saturated heterocycles. The second-order valence-electron chi connectivity index (χ2n) is 7.68. The lowest BCUT2D eigenvalue weighted by molar-refractivity contribution is -0.449. The predicted molar refractivity (Wildman–Crippen MR) is 125 cm³/mol. The van der Waals surface area contributed by atoms with Crippen LogP contribution in [0.3, 0.4) is 0 Å². The van der Waals surface area contributed by atoms with Gasteiger partial charge in [0.15, 0.2) is 12.6 Å². The van der Waals surface area contributed by atoms with Gasteiger partial charge < -0.3 is 14.6 Å². The molecule has 2 heterocycles. The van der Waals surface area contributed by atoms with Crippen LogP contribution in [0.15, 0.2) is 64.6 Å². The van der Waals surface area contributed by atoms with Gasteiger partial charge in [0.05, 0.1) is 6.61 Å². The number of aliphatic carboxylic acids is 1. The van der Waals surface area contributed by atoms with E-state index in [1.165, 1.54) is 28.0 Å². The molecular weight excluding hydrogens is 475 g/mol. The molecule has 0 saturated carbocycles. The van der Waals surface area contributed by atoms with Crippen LogP contribution < -0.4 is 24.6 Å². The Balaban J connectivity index is 1.81. The molecule has 0 spiro atoms. The summed E-state index contributed by atoms with van der Waals surface area (Å²) in [5.41, 5.74) is 1.77. The molecule has 1 atom stereocenters. The van der Waals surface area contributed by atoms with E-state index in [1.54, 1.807) is 56.3 Å². The number of rotatable bonds is 7. The minimum Gasteiger partial charge on any atom is -0.482 e. The Kier molecular flexibility index (Phi) is 6.92. The maximum atomic E-state index is 13.6. The average Bonchev–Trinajstić information content (AvgIpc) is 3.12. The Hall–Kier alpha value is -4.05. The topological polar surface area (TPSA) is 109 Å². The summed E-state index contributed by atoms with van der Waals surface area (Å²) < 4.78 is 25.9. The number of ether oxygens (including phenoxy) is 2. The number of carboxylic acids is 1. The molecule has 1 aliphatic rings. The van der Waals surface area contributed by atoms with Crippen LogP contribution >= 0.6 is 11.3 Å². The number of nitrogens with zero attached hydrogens (tertiary/aromatic N) is 1. The Labute approximate surface area is 202 Å². The molecule has 0 aliphatic carbocycles. The number of nitrogens with one attached hydrogen (secondary N) is 1. The van der Waals surface area contributed by atoms with Gasteiger partial charge in [-0.1, -0.05) is 24.3 Å². The quantitative estimate of drug-likeness (QED) is 0.460. The highest BCUT2D eigenvalue weighted by Crippen LogP contribution is 2.27. The summed E-state index contributed by atoms with van der Waals surface area (Å²) in [4.78, 5) is 40.7. The first kappa shape index (κ1) is 24.1. The van der Waals surface area contributed by atoms with E-state index in [1.807, 2.05) is 0 Å². The molecule has 1 aromatic heterocycles. The molecule has 180 valence electrons. The van der Waals surface area contributed by atoms with E-state index in [-0.39, 0.29) is 17.7 Å². The standard InChI is InChI=1S/C25H21FN2O6S/c1-3-33-24(32)21-14(2)27-25-28(22(21)16-6-8-17(26)9-7-16)23(31)19(35-25)12-15-4-10-18(11-5-15)34-13-20(29)30/h4-12,22H,3,13H2,1-2H3,(H,29,30)/p+1. The monoisotopic (exact) mass is 497 g/mol. The van der Waals surface area contributed by atoms with Crippen LogP contribution in [0.5, 0.6) is 5.75 Å². The Bertz CT molecular complexity index is 1490. The van der Waals surface area contributed by atoms with Gasteiger partial charge in [-0.05, 0) is 61.1 Å². The fourth-order valence-electron chi connectivity index (χ4n) is 3.77. The van der Waals surface area contributed by atoms with Crippen molar-refractivity contribution < 1.29 is 33.6 Å². The molecule has 35 heavy (non-hydrogen) atoms. The summed E-state index contributed by atoms with van der Waals surface area (Å²) in [7, 11) is 0. The van der Waals surface area contributed by atoms with Crippen LogP contribution in [0, 0.1) is 5.82 Å². The van der Waals surface area contributed by atoms with Gasteiger partial charge in [-0.15, -0.1) is 0 Å². The lowest BCUT2D eigenvalue weighted by Crippen LogP contribution is -2.78. The number of halogens is 1. The van der Waals surface area contributed by atoms with Crippen molar-refractivity contribution >= 4 is 29.4 Å². The maximum absolute atomic E-state index is 13.6. The number of benzene rings is 2. The number of hydrogen-bond acceptors (Lipinski definition) is 6. The van der Waals surface area contributed by atoms with Crippen molar-refractivity contribution in [3.05, 3.63) is 96.4 Å². The number of allylic oxidation sites excluding steroid dienone is 1. The number of hydrogen-bond donors (Lipinski definition) is 2. The fourth-order valence-corrected chi connectivity index (χ4v) is 4.85. The van der Waals surface area contributed by atoms with E-state index in [0.29, 0.717) is 31.9 Å². The molecule has 0 fully saturated rings. The van der Waals surface area contributed by atoms with E-state index in [9.17, 15) is 18.8 Å². The zero-order chi connectivity index (χ0) is 25.1. The lowest BCUT2D eigenvalue weighted by atomic mass is 9.96. The number of carboxylic acid groups (broad SMARTS) is 1. The Morgan fingerprint density at radius 3 is 2.49 bits per heavy atom. The van der Waals surface area contributed by atoms with Crippen LogP contribution in [0.1, 0.15) is 31.0 Å². The zero-order valence-corrected chi connectivity index (χ0v) is 19.7. The summed E-state index contributed by atoms with van der Waals surface area (Å²) in [5.74, 6) is -1.67. The van der Waals surface area contributed by atoms with Gasteiger partial charge >= 0.3 is 22.3 Å². The number of aromatic nitrogens is 1. The summed E-state index contributed by atoms with van der Waals surface area (Å²) >= 11 is 1.22. The van der Waals surface area contributed by atoms with Gasteiger partial charge in [0.2, 0.25) is 0 Å². The highest BCUT2D eigenvalue weighted by atomic mass is 32.1. The van der Waals surface area contributed by atoms with Crippen molar-refractivity contribution in [3.8, 4) is 5.75 Å². The number of carbonyl (C=O) groups is 2. The zero-order valence-electron chi connectivity index (χ0n) is 18.9. The molecule has 8 nitrogen and oxygen atoms in total. The normalized spacial score (nSPS) is 15.4. The first-order valence-corrected chi connectivity index (χ1v) is 11.5. The molecule has 0 radical (unpaired) electrons. The largest absolute Gasteiger partial charge is 0.482 e. The molecule has 10 heteroatoms. The molecule has 0 bridgehead atoms. The fraction of sp³-hybridized carbons (Fsp3) is 0.200. The maximum Gasteiger partial charge on any atom is 0.353 e. The molecule has 4 rings (SSSR count). The van der Waals surface area contributed by atoms with Crippen LogP contribution in [0.2, 0.25) is 0 Å². The molecule has 2 N–H and O–H groups in total. The molecule has 2 aromatic carbocycles. The molecular formula is C25H22FN2O6S+. The predicted octanol–water partition coefficient (Wildman–Crippen LogP) is 0.481. The first-order valence-electron chi connectivity index (χ1n) is 10.7. The molecule has 3 aromatic rings. The third-order valence-electron chi connectivity index (χ3n) is 5.31. The van der Waals surface area contributed by atoms with E-state index in [0.717, 1.165) is 0 Å². The van der Waals surface area contributed by atoms with Gasteiger partial charge in [-0.3, -0.25) is 0 Å². The third kappa shape index (κ3) is 5.07. The van der Waals surface area contributed by atoms with Crippen LogP contribution in [0.25, 0.3) is 6.08 Å². The van der Waals surface area contributed by atoms with Crippen LogP contribution in [-0.2, 0) is 14.3 Å². The highest BCUT2D eigenvalue weighted by Gasteiger charge is 2.38.